The first-order valence-corrected chi connectivity index (χ1v) is 9.73. The van der Waals surface area contributed by atoms with Crippen molar-refractivity contribution in [2.75, 3.05) is 26.3 Å². The average Bonchev–Trinajstić information content (AvgIpc) is 2.52. The van der Waals surface area contributed by atoms with Crippen LogP contribution in [0.2, 0.25) is 0 Å². The normalized spacial score (nSPS) is 18.8. The van der Waals surface area contributed by atoms with E-state index in [1.807, 2.05) is 6.07 Å². The summed E-state index contributed by atoms with van der Waals surface area (Å²) in [7, 11) is -3.72. The van der Waals surface area contributed by atoms with Crippen molar-refractivity contribution in [1.82, 2.24) is 4.90 Å². The zero-order valence-corrected chi connectivity index (χ0v) is 15.6. The van der Waals surface area contributed by atoms with E-state index in [0.29, 0.717) is 18.7 Å². The maximum Gasteiger partial charge on any atom is 0.410 e. The first-order chi connectivity index (χ1) is 11.6. The fourth-order valence-corrected chi connectivity index (χ4v) is 3.36. The molecule has 1 aromatic carbocycles. The third kappa shape index (κ3) is 7.01. The molecule has 0 unspecified atom stereocenters. The minimum atomic E-state index is -3.72. The molecule has 2 rings (SSSR count). The summed E-state index contributed by atoms with van der Waals surface area (Å²) < 4.78 is 40.0. The maximum atomic E-state index is 12.1. The Morgan fingerprint density at radius 1 is 1.28 bits per heavy atom. The van der Waals surface area contributed by atoms with Crippen LogP contribution >= 0.6 is 0 Å². The second-order valence-corrected chi connectivity index (χ2v) is 8.53. The number of hydrogen-bond acceptors (Lipinski definition) is 6. The standard InChI is InChI=1S/C17H25NO6S/c1-17(2,3)24-16(19)18-9-10-22-15(11-18)12-23-25(20,21)13-14-7-5-4-6-8-14/h4-8,15H,9-13H2,1-3H3/t15-/m1/s1. The Morgan fingerprint density at radius 2 is 1.96 bits per heavy atom. The van der Waals surface area contributed by atoms with Gasteiger partial charge in [-0.2, -0.15) is 8.42 Å². The van der Waals surface area contributed by atoms with E-state index in [1.54, 1.807) is 45.0 Å². The van der Waals surface area contributed by atoms with Gasteiger partial charge in [-0.1, -0.05) is 30.3 Å². The lowest BCUT2D eigenvalue weighted by Crippen LogP contribution is -2.49. The monoisotopic (exact) mass is 371 g/mol. The zero-order valence-electron chi connectivity index (χ0n) is 14.8. The summed E-state index contributed by atoms with van der Waals surface area (Å²) >= 11 is 0. The third-order valence-electron chi connectivity index (χ3n) is 3.41. The van der Waals surface area contributed by atoms with Gasteiger partial charge in [0.05, 0.1) is 19.8 Å². The van der Waals surface area contributed by atoms with Crippen molar-refractivity contribution in [2.45, 2.75) is 38.2 Å². The van der Waals surface area contributed by atoms with E-state index >= 15 is 0 Å². The maximum absolute atomic E-state index is 12.1. The van der Waals surface area contributed by atoms with Crippen LogP contribution in [0.15, 0.2) is 30.3 Å². The van der Waals surface area contributed by atoms with Gasteiger partial charge in [0, 0.05) is 6.54 Å². The molecule has 1 amide bonds. The molecule has 1 atom stereocenters. The average molecular weight is 371 g/mol. The number of ether oxygens (including phenoxy) is 2. The second kappa shape index (κ2) is 8.16. The molecule has 7 nitrogen and oxygen atoms in total. The highest BCUT2D eigenvalue weighted by atomic mass is 32.2. The molecule has 0 aromatic heterocycles. The lowest BCUT2D eigenvalue weighted by atomic mass is 10.2. The molecule has 1 heterocycles. The molecule has 25 heavy (non-hydrogen) atoms. The summed E-state index contributed by atoms with van der Waals surface area (Å²) in [5.41, 5.74) is 0.0721. The van der Waals surface area contributed by atoms with Crippen molar-refractivity contribution >= 4 is 16.2 Å². The number of benzene rings is 1. The zero-order chi connectivity index (χ0) is 18.5. The molecule has 8 heteroatoms. The molecule has 0 bridgehead atoms. The number of hydrogen-bond donors (Lipinski definition) is 0. The van der Waals surface area contributed by atoms with Gasteiger partial charge in [-0.3, -0.25) is 4.18 Å². The predicted octanol–water partition coefficient (Wildman–Crippen LogP) is 2.17. The van der Waals surface area contributed by atoms with Crippen molar-refractivity contribution in [3.05, 3.63) is 35.9 Å². The van der Waals surface area contributed by atoms with Crippen LogP contribution in [0, 0.1) is 0 Å². The second-order valence-electron chi connectivity index (χ2n) is 6.89. The smallest absolute Gasteiger partial charge is 0.410 e. The molecule has 0 N–H and O–H groups in total. The predicted molar refractivity (Wildman–Crippen MR) is 92.6 cm³/mol. The van der Waals surface area contributed by atoms with Gasteiger partial charge in [-0.05, 0) is 26.3 Å². The number of morpholine rings is 1. The van der Waals surface area contributed by atoms with Gasteiger partial charge in [0.25, 0.3) is 10.1 Å². The Hall–Kier alpha value is -1.64. The topological polar surface area (TPSA) is 82.1 Å². The molecular formula is C17H25NO6S. The van der Waals surface area contributed by atoms with Crippen LogP contribution in [-0.4, -0.2) is 57.4 Å². The highest BCUT2D eigenvalue weighted by molar-refractivity contribution is 7.85. The fourth-order valence-electron chi connectivity index (χ4n) is 2.31. The molecule has 1 aliphatic rings. The Balaban J connectivity index is 1.85. The number of amides is 1. The van der Waals surface area contributed by atoms with Gasteiger partial charge < -0.3 is 14.4 Å². The number of rotatable bonds is 5. The van der Waals surface area contributed by atoms with E-state index in [4.69, 9.17) is 13.7 Å². The summed E-state index contributed by atoms with van der Waals surface area (Å²) in [6.07, 6.45) is -0.945. The fraction of sp³-hybridized carbons (Fsp3) is 0.588. The molecule has 1 fully saturated rings. The largest absolute Gasteiger partial charge is 0.444 e. The summed E-state index contributed by atoms with van der Waals surface area (Å²) in [5, 5.41) is 0. The van der Waals surface area contributed by atoms with E-state index in [0.717, 1.165) is 0 Å². The molecule has 1 saturated heterocycles. The Bertz CT molecular complexity index is 668. The van der Waals surface area contributed by atoms with Crippen LogP contribution in [0.25, 0.3) is 0 Å². The molecular weight excluding hydrogens is 346 g/mol. The molecule has 0 saturated carbocycles. The van der Waals surface area contributed by atoms with Gasteiger partial charge in [-0.25, -0.2) is 4.79 Å². The van der Waals surface area contributed by atoms with E-state index in [-0.39, 0.29) is 18.9 Å². The molecule has 0 aliphatic carbocycles. The Kier molecular flexibility index (Phi) is 6.42. The molecule has 0 spiro atoms. The van der Waals surface area contributed by atoms with Gasteiger partial charge >= 0.3 is 6.09 Å². The lowest BCUT2D eigenvalue weighted by molar-refractivity contribution is -0.0549. The SMILES string of the molecule is CC(C)(C)OC(=O)N1CCO[C@@H](COS(=O)(=O)Cc2ccccc2)C1. The highest BCUT2D eigenvalue weighted by Crippen LogP contribution is 2.14. The van der Waals surface area contributed by atoms with Crippen LogP contribution in [0.1, 0.15) is 26.3 Å². The van der Waals surface area contributed by atoms with E-state index in [1.165, 1.54) is 4.90 Å². The summed E-state index contributed by atoms with van der Waals surface area (Å²) in [6.45, 7) is 6.20. The van der Waals surface area contributed by atoms with Gasteiger partial charge in [0.1, 0.15) is 17.5 Å². The number of nitrogens with zero attached hydrogens (tertiary/aromatic N) is 1. The minimum absolute atomic E-state index is 0.130. The van der Waals surface area contributed by atoms with Crippen LogP contribution in [0.3, 0.4) is 0 Å². The highest BCUT2D eigenvalue weighted by Gasteiger charge is 2.29. The minimum Gasteiger partial charge on any atom is -0.444 e. The van der Waals surface area contributed by atoms with Crippen molar-refractivity contribution in [1.29, 1.82) is 0 Å². The Morgan fingerprint density at radius 3 is 2.60 bits per heavy atom. The number of carbonyl (C=O) groups is 1. The molecule has 1 aromatic rings. The van der Waals surface area contributed by atoms with Gasteiger partial charge in [0.2, 0.25) is 0 Å². The van der Waals surface area contributed by atoms with Gasteiger partial charge in [-0.15, -0.1) is 0 Å². The summed E-state index contributed by atoms with van der Waals surface area (Å²) in [6, 6.07) is 8.81. The van der Waals surface area contributed by atoms with Gasteiger partial charge in [0.15, 0.2) is 0 Å². The van der Waals surface area contributed by atoms with Crippen LogP contribution in [0.5, 0.6) is 0 Å². The van der Waals surface area contributed by atoms with Crippen molar-refractivity contribution < 1.29 is 26.9 Å². The molecule has 140 valence electrons. The van der Waals surface area contributed by atoms with Crippen molar-refractivity contribution in [3.8, 4) is 0 Å². The van der Waals surface area contributed by atoms with Crippen molar-refractivity contribution in [2.24, 2.45) is 0 Å². The quantitative estimate of drug-likeness (QED) is 0.738. The first-order valence-electron chi connectivity index (χ1n) is 8.15. The molecule has 1 aliphatic heterocycles. The van der Waals surface area contributed by atoms with Crippen LogP contribution in [-0.2, 0) is 29.5 Å². The van der Waals surface area contributed by atoms with Crippen molar-refractivity contribution in [3.63, 3.8) is 0 Å². The van der Waals surface area contributed by atoms with E-state index in [2.05, 4.69) is 0 Å². The summed E-state index contributed by atoms with van der Waals surface area (Å²) in [5.74, 6) is -0.198. The lowest BCUT2D eigenvalue weighted by Gasteiger charge is -2.33. The Labute approximate surface area is 149 Å². The molecule has 0 radical (unpaired) electrons. The van der Waals surface area contributed by atoms with E-state index in [9.17, 15) is 13.2 Å². The van der Waals surface area contributed by atoms with E-state index < -0.39 is 27.9 Å². The summed E-state index contributed by atoms with van der Waals surface area (Å²) in [4.78, 5) is 13.6. The van der Waals surface area contributed by atoms with Crippen LogP contribution < -0.4 is 0 Å². The third-order valence-corrected chi connectivity index (χ3v) is 4.59. The number of carbonyl (C=O) groups excluding carboxylic acids is 1. The van der Waals surface area contributed by atoms with Crippen LogP contribution in [0.4, 0.5) is 4.79 Å². The first kappa shape index (κ1) is 19.7.